The largest absolute Gasteiger partial charge is 0.593 e. The van der Waals surface area contributed by atoms with Gasteiger partial charge in [0.2, 0.25) is 0 Å². The van der Waals surface area contributed by atoms with E-state index >= 15 is 0 Å². The molecule has 134 valence electrons. The highest BCUT2D eigenvalue weighted by Gasteiger charge is 2.18. The number of rotatable bonds is 5. The van der Waals surface area contributed by atoms with Crippen LogP contribution in [0.4, 0.5) is 4.39 Å². The highest BCUT2D eigenvalue weighted by molar-refractivity contribution is 7.89. The molecule has 1 atom stereocenters. The number of hydrogen-bond acceptors (Lipinski definition) is 7. The van der Waals surface area contributed by atoms with Gasteiger partial charge in [-0.15, -0.1) is 11.3 Å². The zero-order valence-corrected chi connectivity index (χ0v) is 15.6. The molecule has 0 spiro atoms. The molecule has 0 bridgehead atoms. The highest BCUT2D eigenvalue weighted by atomic mass is 32.2. The molecular formula is C15H18FN5O2S2. The third-order valence-corrected chi connectivity index (χ3v) is 4.91. The van der Waals surface area contributed by atoms with Gasteiger partial charge in [0.25, 0.3) is 0 Å². The minimum absolute atomic E-state index is 0.113. The maximum Gasteiger partial charge on any atom is 0.307 e. The van der Waals surface area contributed by atoms with Crippen LogP contribution >= 0.6 is 11.3 Å². The molecule has 0 aliphatic carbocycles. The molecule has 2 rings (SSSR count). The number of halogens is 1. The lowest BCUT2D eigenvalue weighted by atomic mass is 10.2. The Bertz CT molecular complexity index is 796. The molecule has 1 aromatic heterocycles. The SMILES string of the molecule is CN=C(C=C(N)C(=O)N[S+](C)[O-])c1sc(C2=CC(F)=CNC2)nc1C. The molecule has 0 fully saturated rings. The molecule has 10 heteroatoms. The monoisotopic (exact) mass is 383 g/mol. The average molecular weight is 383 g/mol. The van der Waals surface area contributed by atoms with Crippen LogP contribution in [0.2, 0.25) is 0 Å². The van der Waals surface area contributed by atoms with Gasteiger partial charge in [-0.3, -0.25) is 9.79 Å². The van der Waals surface area contributed by atoms with Crippen molar-refractivity contribution in [2.24, 2.45) is 10.7 Å². The smallest absolute Gasteiger partial charge is 0.307 e. The Morgan fingerprint density at radius 1 is 1.64 bits per heavy atom. The number of aromatic nitrogens is 1. The van der Waals surface area contributed by atoms with E-state index < -0.39 is 17.3 Å². The van der Waals surface area contributed by atoms with Gasteiger partial charge in [0.1, 0.15) is 22.8 Å². The fraction of sp³-hybridized carbons (Fsp3) is 0.267. The summed E-state index contributed by atoms with van der Waals surface area (Å²) < 4.78 is 26.7. The van der Waals surface area contributed by atoms with Gasteiger partial charge in [0.15, 0.2) is 0 Å². The Hall–Kier alpha value is -2.17. The molecule has 1 unspecified atom stereocenters. The van der Waals surface area contributed by atoms with Crippen molar-refractivity contribution in [1.29, 1.82) is 0 Å². The second-order valence-corrected chi connectivity index (χ2v) is 7.22. The lowest BCUT2D eigenvalue weighted by Gasteiger charge is -2.08. The van der Waals surface area contributed by atoms with Crippen LogP contribution < -0.4 is 15.8 Å². The van der Waals surface area contributed by atoms with Crippen LogP contribution in [0.15, 0.2) is 34.9 Å². The summed E-state index contributed by atoms with van der Waals surface area (Å²) in [6, 6.07) is 0. The number of thiazole rings is 1. The van der Waals surface area contributed by atoms with Gasteiger partial charge in [-0.05, 0) is 19.1 Å². The van der Waals surface area contributed by atoms with Crippen LogP contribution in [0, 0.1) is 6.92 Å². The molecule has 1 amide bonds. The second-order valence-electron chi connectivity index (χ2n) is 5.11. The number of aryl methyl sites for hydroxylation is 1. The summed E-state index contributed by atoms with van der Waals surface area (Å²) in [6.45, 7) is 2.27. The molecule has 0 saturated heterocycles. The summed E-state index contributed by atoms with van der Waals surface area (Å²) in [5, 5.41) is 3.50. The van der Waals surface area contributed by atoms with Crippen LogP contribution in [-0.2, 0) is 16.2 Å². The van der Waals surface area contributed by atoms with E-state index in [9.17, 15) is 13.7 Å². The van der Waals surface area contributed by atoms with Crippen molar-refractivity contribution in [1.82, 2.24) is 15.0 Å². The van der Waals surface area contributed by atoms with E-state index in [-0.39, 0.29) is 11.5 Å². The quantitative estimate of drug-likeness (QED) is 0.397. The Morgan fingerprint density at radius 3 is 2.96 bits per heavy atom. The van der Waals surface area contributed by atoms with Crippen molar-refractivity contribution in [3.8, 4) is 0 Å². The number of nitrogens with one attached hydrogen (secondary N) is 2. The number of dihydropyridines is 1. The second kappa shape index (κ2) is 8.28. The van der Waals surface area contributed by atoms with Gasteiger partial charge in [-0.25, -0.2) is 9.37 Å². The lowest BCUT2D eigenvalue weighted by Crippen LogP contribution is -2.33. The van der Waals surface area contributed by atoms with Crippen molar-refractivity contribution in [2.75, 3.05) is 19.8 Å². The Labute approximate surface area is 151 Å². The maximum absolute atomic E-state index is 13.4. The number of amides is 1. The van der Waals surface area contributed by atoms with Crippen LogP contribution in [0.25, 0.3) is 5.57 Å². The van der Waals surface area contributed by atoms with Gasteiger partial charge in [0.05, 0.1) is 27.6 Å². The summed E-state index contributed by atoms with van der Waals surface area (Å²) >= 11 is -0.177. The minimum Gasteiger partial charge on any atom is -0.593 e. The molecular weight excluding hydrogens is 365 g/mol. The van der Waals surface area contributed by atoms with Crippen LogP contribution in [0.5, 0.6) is 0 Å². The summed E-state index contributed by atoms with van der Waals surface area (Å²) in [5.41, 5.74) is 7.51. The van der Waals surface area contributed by atoms with Crippen LogP contribution in [-0.4, -0.2) is 41.0 Å². The van der Waals surface area contributed by atoms with Gasteiger partial charge < -0.3 is 15.6 Å². The fourth-order valence-corrected chi connectivity index (χ4v) is 3.53. The Balaban J connectivity index is 2.30. The van der Waals surface area contributed by atoms with E-state index in [1.165, 1.54) is 35.9 Å². The Kier molecular flexibility index (Phi) is 6.34. The minimum atomic E-state index is -1.51. The third-order valence-electron chi connectivity index (χ3n) is 3.18. The van der Waals surface area contributed by atoms with E-state index in [0.29, 0.717) is 23.0 Å². The van der Waals surface area contributed by atoms with E-state index in [1.807, 2.05) is 0 Å². The van der Waals surface area contributed by atoms with Crippen molar-refractivity contribution in [3.63, 3.8) is 0 Å². The molecule has 25 heavy (non-hydrogen) atoms. The number of allylic oxidation sites excluding steroid dienone is 3. The molecule has 1 aliphatic heterocycles. The highest BCUT2D eigenvalue weighted by Crippen LogP contribution is 2.27. The topological polar surface area (TPSA) is 115 Å². The number of nitrogens with zero attached hydrogens (tertiary/aromatic N) is 2. The number of nitrogens with two attached hydrogens (primary N) is 1. The standard InChI is InChI=1S/C15H18FN5O2S2/c1-8-13(12(18-2)5-11(17)14(22)21-25(3)23)24-15(20-8)9-4-10(16)7-19-6-9/h4-5,7,19H,6,17H2,1-3H3,(H,21,22). The molecule has 1 aromatic rings. The first-order valence-corrected chi connectivity index (χ1v) is 9.55. The normalized spacial score (nSPS) is 16.7. The molecule has 0 aromatic carbocycles. The molecule has 0 radical (unpaired) electrons. The third kappa shape index (κ3) is 4.91. The van der Waals surface area contributed by atoms with E-state index in [4.69, 9.17) is 5.73 Å². The summed E-state index contributed by atoms with van der Waals surface area (Å²) in [4.78, 5) is 21.1. The van der Waals surface area contributed by atoms with E-state index in [0.717, 1.165) is 10.5 Å². The number of hydrogen-bond donors (Lipinski definition) is 3. The number of carbonyl (C=O) groups is 1. The Morgan fingerprint density at radius 2 is 2.36 bits per heavy atom. The van der Waals surface area contributed by atoms with Gasteiger partial charge in [-0.2, -0.15) is 4.72 Å². The predicted octanol–water partition coefficient (Wildman–Crippen LogP) is 0.920. The molecule has 7 nitrogen and oxygen atoms in total. The van der Waals surface area contributed by atoms with Crippen molar-refractivity contribution < 1.29 is 13.7 Å². The first kappa shape index (κ1) is 19.2. The zero-order chi connectivity index (χ0) is 18.6. The molecule has 1 aliphatic rings. The van der Waals surface area contributed by atoms with Gasteiger partial charge >= 0.3 is 5.91 Å². The summed E-state index contributed by atoms with van der Waals surface area (Å²) in [5.74, 6) is -1.01. The predicted molar refractivity (Wildman–Crippen MR) is 99.0 cm³/mol. The molecule has 4 N–H and O–H groups in total. The number of aliphatic imine (C=N–C) groups is 1. The molecule has 0 saturated carbocycles. The van der Waals surface area contributed by atoms with E-state index in [2.05, 4.69) is 20.0 Å². The van der Waals surface area contributed by atoms with Crippen molar-refractivity contribution in [2.45, 2.75) is 6.92 Å². The van der Waals surface area contributed by atoms with E-state index in [1.54, 1.807) is 14.0 Å². The lowest BCUT2D eigenvalue weighted by molar-refractivity contribution is -0.115. The molecule has 2 heterocycles. The average Bonchev–Trinajstić information content (AvgIpc) is 2.93. The van der Waals surface area contributed by atoms with Crippen LogP contribution in [0.1, 0.15) is 15.6 Å². The zero-order valence-electron chi connectivity index (χ0n) is 13.9. The van der Waals surface area contributed by atoms with Gasteiger partial charge in [-0.1, -0.05) is 0 Å². The summed E-state index contributed by atoms with van der Waals surface area (Å²) in [6.07, 6.45) is 5.46. The fourth-order valence-electron chi connectivity index (χ4n) is 2.06. The van der Waals surface area contributed by atoms with Crippen LogP contribution in [0.3, 0.4) is 0 Å². The van der Waals surface area contributed by atoms with Gasteiger partial charge in [0, 0.05) is 25.4 Å². The van der Waals surface area contributed by atoms with Crippen molar-refractivity contribution >= 4 is 39.9 Å². The first-order chi connectivity index (χ1) is 11.8. The maximum atomic E-state index is 13.4. The first-order valence-electron chi connectivity index (χ1n) is 7.18. The van der Waals surface area contributed by atoms with Crippen molar-refractivity contribution in [3.05, 3.63) is 45.5 Å². The number of carbonyl (C=O) groups excluding carboxylic acids is 1. The summed E-state index contributed by atoms with van der Waals surface area (Å²) in [7, 11) is 1.57.